The lowest BCUT2D eigenvalue weighted by Crippen LogP contribution is -2.27. The first-order valence-electron chi connectivity index (χ1n) is 10.9. The van der Waals surface area contributed by atoms with E-state index in [-0.39, 0.29) is 28.6 Å². The van der Waals surface area contributed by atoms with Gasteiger partial charge in [-0.25, -0.2) is 0 Å². The van der Waals surface area contributed by atoms with Crippen LogP contribution in [0.15, 0.2) is 36.4 Å². The second kappa shape index (κ2) is 8.94. The number of esters is 1. The smallest absolute Gasteiger partial charge is 0.306 e. The molecule has 2 aromatic rings. The lowest BCUT2D eigenvalue weighted by Gasteiger charge is -2.31. The molecule has 0 aromatic heterocycles. The monoisotopic (exact) mass is 426 g/mol. The van der Waals surface area contributed by atoms with Crippen LogP contribution in [0.25, 0.3) is 0 Å². The molecule has 2 aromatic carbocycles. The highest BCUT2D eigenvalue weighted by molar-refractivity contribution is 5.70. The number of ether oxygens (including phenoxy) is 1. The van der Waals surface area contributed by atoms with E-state index in [0.29, 0.717) is 24.3 Å². The summed E-state index contributed by atoms with van der Waals surface area (Å²) in [6, 6.07) is 11.4. The summed E-state index contributed by atoms with van der Waals surface area (Å²) in [5.41, 5.74) is 3.18. The van der Waals surface area contributed by atoms with Crippen LogP contribution in [-0.4, -0.2) is 23.3 Å². The van der Waals surface area contributed by atoms with Crippen molar-refractivity contribution in [1.29, 1.82) is 0 Å². The lowest BCUT2D eigenvalue weighted by molar-refractivity contribution is -0.143. The Morgan fingerprint density at radius 1 is 0.774 bits per heavy atom. The van der Waals surface area contributed by atoms with Gasteiger partial charge in [0.15, 0.2) is 0 Å². The molecule has 0 spiro atoms. The number of rotatable bonds is 6. The molecule has 0 saturated carbocycles. The summed E-state index contributed by atoms with van der Waals surface area (Å²) < 4.78 is 5.00. The third kappa shape index (κ3) is 6.49. The topological polar surface area (TPSA) is 66.8 Å². The summed E-state index contributed by atoms with van der Waals surface area (Å²) in [6.07, 6.45) is 1.61. The van der Waals surface area contributed by atoms with Crippen molar-refractivity contribution in [2.75, 3.05) is 7.11 Å². The van der Waals surface area contributed by atoms with Crippen LogP contribution >= 0.6 is 0 Å². The van der Waals surface area contributed by atoms with Gasteiger partial charge >= 0.3 is 5.97 Å². The molecule has 0 radical (unpaired) electrons. The number of carbonyl (C=O) groups is 1. The van der Waals surface area contributed by atoms with Crippen LogP contribution in [0.1, 0.15) is 77.1 Å². The first kappa shape index (κ1) is 24.8. The predicted octanol–water partition coefficient (Wildman–Crippen LogP) is 6.05. The summed E-state index contributed by atoms with van der Waals surface area (Å²) >= 11 is 0. The number of hydrogen-bond donors (Lipinski definition) is 2. The third-order valence-corrected chi connectivity index (χ3v) is 5.80. The molecule has 31 heavy (non-hydrogen) atoms. The highest BCUT2D eigenvalue weighted by atomic mass is 16.5. The fraction of sp³-hybridized carbons (Fsp3) is 0.519. The maximum atomic E-state index is 12.3. The van der Waals surface area contributed by atoms with E-state index < -0.39 is 0 Å². The summed E-state index contributed by atoms with van der Waals surface area (Å²) in [5, 5.41) is 20.6. The fourth-order valence-electron chi connectivity index (χ4n) is 4.18. The number of hydrogen-bond acceptors (Lipinski definition) is 4. The first-order valence-corrected chi connectivity index (χ1v) is 10.9. The van der Waals surface area contributed by atoms with E-state index in [1.165, 1.54) is 7.11 Å². The van der Waals surface area contributed by atoms with Gasteiger partial charge in [-0.3, -0.25) is 4.79 Å². The van der Waals surface area contributed by atoms with Crippen LogP contribution in [0, 0.1) is 5.41 Å². The molecule has 0 aliphatic rings. The Morgan fingerprint density at radius 2 is 1.16 bits per heavy atom. The van der Waals surface area contributed by atoms with E-state index in [4.69, 9.17) is 4.74 Å². The van der Waals surface area contributed by atoms with Gasteiger partial charge in [-0.2, -0.15) is 0 Å². The van der Waals surface area contributed by atoms with Gasteiger partial charge in [0.1, 0.15) is 11.5 Å². The Balaban J connectivity index is 2.43. The maximum absolute atomic E-state index is 12.3. The SMILES string of the molecule is COC(=O)CC(C)(Cc1ccc(O)c(C(C)(C)C)c1)Cc1ccc(O)c(C(C)(C)C)c1. The van der Waals surface area contributed by atoms with Crippen LogP contribution in [0.4, 0.5) is 0 Å². The van der Waals surface area contributed by atoms with E-state index >= 15 is 0 Å². The number of benzene rings is 2. The van der Waals surface area contributed by atoms with Crippen LogP contribution < -0.4 is 0 Å². The number of methoxy groups -OCH3 is 1. The molecule has 0 saturated heterocycles. The maximum Gasteiger partial charge on any atom is 0.306 e. The van der Waals surface area contributed by atoms with Gasteiger partial charge in [0.05, 0.1) is 13.5 Å². The number of phenols is 2. The van der Waals surface area contributed by atoms with Gasteiger partial charge in [-0.05, 0) is 63.5 Å². The van der Waals surface area contributed by atoms with E-state index in [9.17, 15) is 15.0 Å². The van der Waals surface area contributed by atoms with Gasteiger partial charge in [0.2, 0.25) is 0 Å². The van der Waals surface area contributed by atoms with Gasteiger partial charge in [0.25, 0.3) is 0 Å². The third-order valence-electron chi connectivity index (χ3n) is 5.80. The van der Waals surface area contributed by atoms with Crippen molar-refractivity contribution in [2.24, 2.45) is 5.41 Å². The highest BCUT2D eigenvalue weighted by Gasteiger charge is 2.31. The Bertz CT molecular complexity index is 864. The average Bonchev–Trinajstić information content (AvgIpc) is 2.62. The lowest BCUT2D eigenvalue weighted by atomic mass is 9.74. The zero-order valence-corrected chi connectivity index (χ0v) is 20.3. The van der Waals surface area contributed by atoms with Crippen molar-refractivity contribution < 1.29 is 19.7 Å². The summed E-state index contributed by atoms with van der Waals surface area (Å²) in [7, 11) is 1.42. The Labute approximate surface area is 187 Å². The molecule has 2 N–H and O–H groups in total. The van der Waals surface area contributed by atoms with Gasteiger partial charge in [0, 0.05) is 0 Å². The van der Waals surface area contributed by atoms with Gasteiger partial charge < -0.3 is 14.9 Å². The second-order valence-corrected chi connectivity index (χ2v) is 11.1. The predicted molar refractivity (Wildman–Crippen MR) is 126 cm³/mol. The van der Waals surface area contributed by atoms with E-state index in [0.717, 1.165) is 22.3 Å². The molecule has 4 nitrogen and oxygen atoms in total. The standard InChI is InChI=1S/C27H38O4/c1-25(2,3)20-13-18(9-11-22(20)28)15-27(7,17-24(30)31-8)16-19-10-12-23(29)21(14-19)26(4,5)6/h9-14,28-29H,15-17H2,1-8H3. The largest absolute Gasteiger partial charge is 0.508 e. The molecule has 0 atom stereocenters. The Kier molecular flexibility index (Phi) is 7.14. The van der Waals surface area contributed by atoms with E-state index in [1.807, 2.05) is 24.3 Å². The number of phenolic OH excluding ortho intramolecular Hbond substituents is 2. The summed E-state index contributed by atoms with van der Waals surface area (Å²) in [4.78, 5) is 12.3. The Hall–Kier alpha value is -2.49. The second-order valence-electron chi connectivity index (χ2n) is 11.1. The molecule has 170 valence electrons. The van der Waals surface area contributed by atoms with Gasteiger partial charge in [-0.1, -0.05) is 72.7 Å². The van der Waals surface area contributed by atoms with Crippen molar-refractivity contribution in [3.8, 4) is 11.5 Å². The zero-order valence-electron chi connectivity index (χ0n) is 20.3. The number of carbonyl (C=O) groups excluding carboxylic acids is 1. The summed E-state index contributed by atoms with van der Waals surface area (Å²) in [5.74, 6) is 0.339. The molecular formula is C27H38O4. The normalized spacial score (nSPS) is 12.6. The van der Waals surface area contributed by atoms with Crippen LogP contribution in [-0.2, 0) is 33.2 Å². The van der Waals surface area contributed by atoms with E-state index in [2.05, 4.69) is 48.5 Å². The molecule has 4 heteroatoms. The average molecular weight is 427 g/mol. The van der Waals surface area contributed by atoms with Crippen molar-refractivity contribution in [3.63, 3.8) is 0 Å². The molecule has 0 fully saturated rings. The van der Waals surface area contributed by atoms with Crippen molar-refractivity contribution in [3.05, 3.63) is 58.7 Å². The quantitative estimate of drug-likeness (QED) is 0.552. The molecule has 0 bridgehead atoms. The fourth-order valence-corrected chi connectivity index (χ4v) is 4.18. The molecule has 2 rings (SSSR count). The van der Waals surface area contributed by atoms with Gasteiger partial charge in [-0.15, -0.1) is 0 Å². The van der Waals surface area contributed by atoms with Crippen molar-refractivity contribution >= 4 is 5.97 Å². The number of aromatic hydroxyl groups is 2. The van der Waals surface area contributed by atoms with E-state index in [1.54, 1.807) is 12.1 Å². The van der Waals surface area contributed by atoms with Crippen molar-refractivity contribution in [1.82, 2.24) is 0 Å². The minimum atomic E-state index is -0.384. The molecule has 0 amide bonds. The zero-order chi connectivity index (χ0) is 23.6. The molecule has 0 aliphatic heterocycles. The highest BCUT2D eigenvalue weighted by Crippen LogP contribution is 2.38. The summed E-state index contributed by atoms with van der Waals surface area (Å²) in [6.45, 7) is 14.5. The van der Waals surface area contributed by atoms with Crippen molar-refractivity contribution in [2.45, 2.75) is 78.6 Å². The molecular weight excluding hydrogens is 388 g/mol. The van der Waals surface area contributed by atoms with Crippen LogP contribution in [0.2, 0.25) is 0 Å². The van der Waals surface area contributed by atoms with Crippen LogP contribution in [0.5, 0.6) is 11.5 Å². The van der Waals surface area contributed by atoms with Crippen LogP contribution in [0.3, 0.4) is 0 Å². The molecule has 0 unspecified atom stereocenters. The first-order chi connectivity index (χ1) is 14.1. The molecule has 0 aliphatic carbocycles. The molecule has 0 heterocycles. The Morgan fingerprint density at radius 3 is 1.48 bits per heavy atom. The minimum absolute atomic E-state index is 0.183. The minimum Gasteiger partial charge on any atom is -0.508 e.